The number of nitrogens with zero attached hydrogens (tertiary/aromatic N) is 3. The molecule has 0 saturated carbocycles. The van der Waals surface area contributed by atoms with Crippen LogP contribution in [0.4, 0.5) is 13.2 Å². The molecule has 0 aliphatic heterocycles. The number of carbonyl (C=O) groups is 1. The Hall–Kier alpha value is -4.14. The van der Waals surface area contributed by atoms with E-state index in [1.165, 1.54) is 35.3 Å². The lowest BCUT2D eigenvalue weighted by Gasteiger charge is -2.09. The van der Waals surface area contributed by atoms with Gasteiger partial charge in [-0.15, -0.1) is 18.3 Å². The molecule has 34 heavy (non-hydrogen) atoms. The molecule has 0 spiro atoms. The summed E-state index contributed by atoms with van der Waals surface area (Å²) in [5.74, 6) is 0.0203. The van der Waals surface area contributed by atoms with Crippen molar-refractivity contribution in [1.29, 1.82) is 0 Å². The second kappa shape index (κ2) is 9.38. The second-order valence-electron chi connectivity index (χ2n) is 7.75. The molecule has 0 radical (unpaired) electrons. The Morgan fingerprint density at radius 2 is 1.71 bits per heavy atom. The van der Waals surface area contributed by atoms with Crippen LogP contribution < -0.4 is 10.1 Å². The average Bonchev–Trinajstić information content (AvgIpc) is 3.27. The Kier molecular flexibility index (Phi) is 6.36. The quantitative estimate of drug-likeness (QED) is 0.414. The summed E-state index contributed by atoms with van der Waals surface area (Å²) in [5.41, 5.74) is 4.90. The molecule has 0 bridgehead atoms. The monoisotopic (exact) mass is 466 g/mol. The van der Waals surface area contributed by atoms with Crippen molar-refractivity contribution < 1.29 is 22.7 Å². The molecule has 0 atom stereocenters. The average molecular weight is 466 g/mol. The smallest absolute Gasteiger partial charge is 0.406 e. The van der Waals surface area contributed by atoms with Gasteiger partial charge in [-0.1, -0.05) is 42.0 Å². The first-order valence-corrected chi connectivity index (χ1v) is 10.4. The van der Waals surface area contributed by atoms with E-state index < -0.39 is 6.36 Å². The number of hydrogen-bond acceptors (Lipinski definition) is 4. The van der Waals surface area contributed by atoms with Crippen molar-refractivity contribution >= 4 is 5.91 Å². The summed E-state index contributed by atoms with van der Waals surface area (Å²) >= 11 is 0. The molecule has 1 heterocycles. The van der Waals surface area contributed by atoms with Crippen molar-refractivity contribution in [2.24, 2.45) is 0 Å². The maximum Gasteiger partial charge on any atom is 0.573 e. The van der Waals surface area contributed by atoms with Gasteiger partial charge < -0.3 is 10.1 Å². The van der Waals surface area contributed by atoms with Crippen LogP contribution >= 0.6 is 0 Å². The van der Waals surface area contributed by atoms with Crippen molar-refractivity contribution in [3.05, 3.63) is 95.3 Å². The van der Waals surface area contributed by atoms with Gasteiger partial charge in [-0.3, -0.25) is 4.79 Å². The predicted molar refractivity (Wildman–Crippen MR) is 121 cm³/mol. The molecule has 4 aromatic rings. The van der Waals surface area contributed by atoms with Crippen molar-refractivity contribution in [3.63, 3.8) is 0 Å². The molecule has 1 aromatic heterocycles. The first-order chi connectivity index (χ1) is 16.2. The van der Waals surface area contributed by atoms with Crippen LogP contribution in [0.15, 0.2) is 73.1 Å². The fourth-order valence-corrected chi connectivity index (χ4v) is 3.44. The van der Waals surface area contributed by atoms with Crippen molar-refractivity contribution in [3.8, 4) is 22.8 Å². The molecule has 1 N–H and O–H groups in total. The van der Waals surface area contributed by atoms with Gasteiger partial charge in [-0.2, -0.15) is 0 Å². The molecule has 0 fully saturated rings. The van der Waals surface area contributed by atoms with Crippen LogP contribution in [0.2, 0.25) is 0 Å². The number of aryl methyl sites for hydroxylation is 2. The number of alkyl halides is 3. The lowest BCUT2D eigenvalue weighted by Crippen LogP contribution is -2.23. The Morgan fingerprint density at radius 1 is 1.00 bits per heavy atom. The van der Waals surface area contributed by atoms with Gasteiger partial charge in [-0.25, -0.2) is 9.67 Å². The zero-order chi connectivity index (χ0) is 24.3. The van der Waals surface area contributed by atoms with Crippen LogP contribution in [-0.4, -0.2) is 27.0 Å². The molecule has 0 unspecified atom stereocenters. The topological polar surface area (TPSA) is 69.0 Å². The largest absolute Gasteiger partial charge is 0.573 e. The molecule has 0 aliphatic carbocycles. The zero-order valence-electron chi connectivity index (χ0n) is 18.4. The number of aromatic nitrogens is 3. The zero-order valence-corrected chi connectivity index (χ0v) is 18.4. The van der Waals surface area contributed by atoms with E-state index in [1.54, 1.807) is 0 Å². The Bertz CT molecular complexity index is 1300. The van der Waals surface area contributed by atoms with Gasteiger partial charge >= 0.3 is 6.36 Å². The van der Waals surface area contributed by atoms with Gasteiger partial charge in [0.1, 0.15) is 12.1 Å². The minimum absolute atomic E-state index is 0.131. The van der Waals surface area contributed by atoms with Crippen molar-refractivity contribution in [1.82, 2.24) is 20.1 Å². The van der Waals surface area contributed by atoms with Crippen LogP contribution in [0.5, 0.6) is 5.75 Å². The van der Waals surface area contributed by atoms with Crippen LogP contribution in [0.25, 0.3) is 17.1 Å². The van der Waals surface area contributed by atoms with Gasteiger partial charge in [0.25, 0.3) is 5.91 Å². The highest BCUT2D eigenvalue weighted by atomic mass is 19.4. The number of nitrogens with one attached hydrogen (secondary N) is 1. The molecule has 174 valence electrons. The minimum Gasteiger partial charge on any atom is -0.406 e. The summed E-state index contributed by atoms with van der Waals surface area (Å²) in [5, 5.41) is 7.31. The Labute approximate surface area is 194 Å². The van der Waals surface area contributed by atoms with Crippen LogP contribution in [0, 0.1) is 13.8 Å². The number of rotatable bonds is 6. The SMILES string of the molecule is Cc1ccc(C(=O)NCc2ccc(-c3ncn(-c4ccc(OC(F)(F)F)cc4)n3)cc2)c(C)c1. The number of ether oxygens (including phenoxy) is 1. The van der Waals surface area contributed by atoms with Gasteiger partial charge in [-0.05, 0) is 55.3 Å². The first kappa shape index (κ1) is 23.0. The highest BCUT2D eigenvalue weighted by Crippen LogP contribution is 2.24. The molecular formula is C25H21F3N4O2. The van der Waals surface area contributed by atoms with Gasteiger partial charge in [0, 0.05) is 17.7 Å². The number of hydrogen-bond donors (Lipinski definition) is 1. The number of benzene rings is 3. The van der Waals surface area contributed by atoms with E-state index in [-0.39, 0.29) is 11.7 Å². The minimum atomic E-state index is -4.74. The molecule has 0 saturated heterocycles. The molecule has 4 rings (SSSR count). The molecule has 1 amide bonds. The van der Waals surface area contributed by atoms with E-state index >= 15 is 0 Å². The van der Waals surface area contributed by atoms with E-state index in [1.807, 2.05) is 56.3 Å². The Balaban J connectivity index is 1.39. The maximum absolute atomic E-state index is 12.5. The van der Waals surface area contributed by atoms with Gasteiger partial charge in [0.15, 0.2) is 5.82 Å². The number of carbonyl (C=O) groups excluding carboxylic acids is 1. The standard InChI is InChI=1S/C25H21F3N4O2/c1-16-3-12-22(17(2)13-16)24(33)29-14-18-4-6-19(7-5-18)23-30-15-32(31-23)20-8-10-21(11-9-20)34-25(26,27)28/h3-13,15H,14H2,1-2H3,(H,29,33). The fraction of sp³-hybridized carbons (Fsp3) is 0.160. The third-order valence-corrected chi connectivity index (χ3v) is 5.12. The third kappa shape index (κ3) is 5.61. The van der Waals surface area contributed by atoms with Crippen LogP contribution in [0.3, 0.4) is 0 Å². The van der Waals surface area contributed by atoms with Gasteiger partial charge in [0.05, 0.1) is 5.69 Å². The highest BCUT2D eigenvalue weighted by Gasteiger charge is 2.31. The lowest BCUT2D eigenvalue weighted by atomic mass is 10.1. The third-order valence-electron chi connectivity index (χ3n) is 5.12. The van der Waals surface area contributed by atoms with E-state index in [9.17, 15) is 18.0 Å². The van der Waals surface area contributed by atoms with E-state index in [0.717, 1.165) is 22.3 Å². The lowest BCUT2D eigenvalue weighted by molar-refractivity contribution is -0.274. The summed E-state index contributed by atoms with van der Waals surface area (Å²) in [7, 11) is 0. The van der Waals surface area contributed by atoms with Crippen molar-refractivity contribution in [2.75, 3.05) is 0 Å². The highest BCUT2D eigenvalue weighted by molar-refractivity contribution is 5.95. The van der Waals surface area contributed by atoms with Crippen molar-refractivity contribution in [2.45, 2.75) is 26.8 Å². The predicted octanol–water partition coefficient (Wildman–Crippen LogP) is 5.38. The maximum atomic E-state index is 12.5. The molecular weight excluding hydrogens is 445 g/mol. The number of halogens is 3. The first-order valence-electron chi connectivity index (χ1n) is 10.4. The van der Waals surface area contributed by atoms with Gasteiger partial charge in [0.2, 0.25) is 0 Å². The molecule has 9 heteroatoms. The summed E-state index contributed by atoms with van der Waals surface area (Å²) in [6, 6.07) is 18.5. The summed E-state index contributed by atoms with van der Waals surface area (Å²) in [6.45, 7) is 4.27. The molecule has 0 aliphatic rings. The Morgan fingerprint density at radius 3 is 2.35 bits per heavy atom. The van der Waals surface area contributed by atoms with E-state index in [4.69, 9.17) is 0 Å². The molecule has 6 nitrogen and oxygen atoms in total. The second-order valence-corrected chi connectivity index (χ2v) is 7.75. The summed E-state index contributed by atoms with van der Waals surface area (Å²) < 4.78 is 42.3. The fourth-order valence-electron chi connectivity index (χ4n) is 3.44. The van der Waals surface area contributed by atoms with Crippen LogP contribution in [-0.2, 0) is 6.54 Å². The normalized spacial score (nSPS) is 11.3. The summed E-state index contributed by atoms with van der Waals surface area (Å²) in [4.78, 5) is 16.7. The summed E-state index contributed by atoms with van der Waals surface area (Å²) in [6.07, 6.45) is -3.26. The molecule has 3 aromatic carbocycles. The number of amides is 1. The van der Waals surface area contributed by atoms with E-state index in [2.05, 4.69) is 20.1 Å². The van der Waals surface area contributed by atoms with E-state index in [0.29, 0.717) is 23.6 Å². The van der Waals surface area contributed by atoms with Crippen LogP contribution in [0.1, 0.15) is 27.0 Å².